The minimum atomic E-state index is 0.237. The van der Waals surface area contributed by atoms with Crippen molar-refractivity contribution in [1.82, 2.24) is 4.98 Å². The van der Waals surface area contributed by atoms with Gasteiger partial charge in [-0.1, -0.05) is 6.92 Å². The fourth-order valence-electron chi connectivity index (χ4n) is 1.27. The van der Waals surface area contributed by atoms with E-state index >= 15 is 0 Å². The molecule has 3 nitrogen and oxygen atoms in total. The topological polar surface area (TPSA) is 42.1 Å². The van der Waals surface area contributed by atoms with Crippen LogP contribution in [-0.2, 0) is 0 Å². The van der Waals surface area contributed by atoms with E-state index in [1.54, 1.807) is 0 Å². The summed E-state index contributed by atoms with van der Waals surface area (Å²) in [5.74, 6) is 0. The second-order valence-corrected chi connectivity index (χ2v) is 3.71. The Hall–Kier alpha value is -1.09. The highest BCUT2D eigenvalue weighted by atomic mass is 15.1. The van der Waals surface area contributed by atoms with E-state index in [-0.39, 0.29) is 6.04 Å². The Morgan fingerprint density at radius 2 is 2.21 bits per heavy atom. The van der Waals surface area contributed by atoms with Crippen LogP contribution in [0.3, 0.4) is 0 Å². The van der Waals surface area contributed by atoms with Gasteiger partial charge in [0.25, 0.3) is 0 Å². The van der Waals surface area contributed by atoms with Gasteiger partial charge in [0.1, 0.15) is 0 Å². The number of anilines is 1. The molecule has 0 saturated heterocycles. The van der Waals surface area contributed by atoms with E-state index < -0.39 is 0 Å². The van der Waals surface area contributed by atoms with Gasteiger partial charge in [-0.2, -0.15) is 0 Å². The average Bonchev–Trinajstić information content (AvgIpc) is 2.18. The molecule has 0 radical (unpaired) electrons. The molecule has 0 aromatic carbocycles. The number of nitrogens with two attached hydrogens (primary N) is 1. The number of rotatable bonds is 4. The lowest BCUT2D eigenvalue weighted by molar-refractivity contribution is 0.639. The van der Waals surface area contributed by atoms with Gasteiger partial charge >= 0.3 is 0 Å². The molecule has 1 rings (SSSR count). The molecule has 0 fully saturated rings. The van der Waals surface area contributed by atoms with Crippen molar-refractivity contribution in [3.8, 4) is 0 Å². The first kappa shape index (κ1) is 11.0. The molecule has 1 aromatic heterocycles. The molecular formula is C11H19N3. The van der Waals surface area contributed by atoms with Gasteiger partial charge in [0.15, 0.2) is 0 Å². The highest BCUT2D eigenvalue weighted by Crippen LogP contribution is 2.11. The molecule has 1 aromatic rings. The molecule has 3 heteroatoms. The quantitative estimate of drug-likeness (QED) is 0.789. The van der Waals surface area contributed by atoms with Crippen molar-refractivity contribution in [2.45, 2.75) is 26.3 Å². The fourth-order valence-corrected chi connectivity index (χ4v) is 1.27. The van der Waals surface area contributed by atoms with Gasteiger partial charge in [0, 0.05) is 25.3 Å². The molecule has 0 spiro atoms. The second-order valence-electron chi connectivity index (χ2n) is 3.71. The van der Waals surface area contributed by atoms with Gasteiger partial charge in [-0.15, -0.1) is 0 Å². The summed E-state index contributed by atoms with van der Waals surface area (Å²) >= 11 is 0. The summed E-state index contributed by atoms with van der Waals surface area (Å²) in [5, 5.41) is 0. The third kappa shape index (κ3) is 3.00. The lowest BCUT2D eigenvalue weighted by atomic mass is 10.2. The van der Waals surface area contributed by atoms with E-state index in [1.807, 2.05) is 26.2 Å². The maximum absolute atomic E-state index is 5.88. The minimum absolute atomic E-state index is 0.237. The van der Waals surface area contributed by atoms with Crippen molar-refractivity contribution in [1.29, 1.82) is 0 Å². The zero-order chi connectivity index (χ0) is 10.6. The second kappa shape index (κ2) is 4.96. The number of aromatic nitrogens is 1. The number of hydrogen-bond donors (Lipinski definition) is 1. The highest BCUT2D eigenvalue weighted by molar-refractivity contribution is 5.43. The minimum Gasteiger partial charge on any atom is -0.372 e. The third-order valence-electron chi connectivity index (χ3n) is 2.37. The molecule has 14 heavy (non-hydrogen) atoms. The maximum atomic E-state index is 5.88. The Labute approximate surface area is 85.9 Å². The standard InChI is InChI=1S/C11H19N3/c1-4-10(12)8-14(3)11-6-5-9(2)13-7-11/h5-7,10H,4,8,12H2,1-3H3. The van der Waals surface area contributed by atoms with Gasteiger partial charge in [-0.3, -0.25) is 4.98 Å². The third-order valence-corrected chi connectivity index (χ3v) is 2.37. The number of pyridine rings is 1. The monoisotopic (exact) mass is 193 g/mol. The van der Waals surface area contributed by atoms with Crippen molar-refractivity contribution < 1.29 is 0 Å². The van der Waals surface area contributed by atoms with Gasteiger partial charge < -0.3 is 10.6 Å². The van der Waals surface area contributed by atoms with Gasteiger partial charge in [0.05, 0.1) is 11.9 Å². The Kier molecular flexibility index (Phi) is 3.89. The zero-order valence-electron chi connectivity index (χ0n) is 9.20. The summed E-state index contributed by atoms with van der Waals surface area (Å²) < 4.78 is 0. The van der Waals surface area contributed by atoms with Crippen LogP contribution in [-0.4, -0.2) is 24.6 Å². The van der Waals surface area contributed by atoms with Crippen LogP contribution < -0.4 is 10.6 Å². The molecular weight excluding hydrogens is 174 g/mol. The van der Waals surface area contributed by atoms with Gasteiger partial charge in [0.2, 0.25) is 0 Å². The molecule has 0 aliphatic carbocycles. The smallest absolute Gasteiger partial charge is 0.0550 e. The van der Waals surface area contributed by atoms with Crippen molar-refractivity contribution in [3.63, 3.8) is 0 Å². The largest absolute Gasteiger partial charge is 0.372 e. The Morgan fingerprint density at radius 3 is 2.71 bits per heavy atom. The van der Waals surface area contributed by atoms with Crippen LogP contribution in [0.5, 0.6) is 0 Å². The summed E-state index contributed by atoms with van der Waals surface area (Å²) in [6.45, 7) is 4.97. The first-order valence-electron chi connectivity index (χ1n) is 5.03. The molecule has 1 unspecified atom stereocenters. The van der Waals surface area contributed by atoms with Crippen LogP contribution in [0.2, 0.25) is 0 Å². The van der Waals surface area contributed by atoms with E-state index in [1.165, 1.54) is 0 Å². The lowest BCUT2D eigenvalue weighted by Crippen LogP contribution is -2.34. The summed E-state index contributed by atoms with van der Waals surface area (Å²) in [6.07, 6.45) is 2.89. The van der Waals surface area contributed by atoms with Gasteiger partial charge in [-0.25, -0.2) is 0 Å². The number of hydrogen-bond acceptors (Lipinski definition) is 3. The molecule has 0 aliphatic rings. The van der Waals surface area contributed by atoms with E-state index in [4.69, 9.17) is 5.73 Å². The first-order valence-corrected chi connectivity index (χ1v) is 5.03. The van der Waals surface area contributed by atoms with E-state index in [2.05, 4.69) is 22.9 Å². The van der Waals surface area contributed by atoms with Crippen LogP contribution in [0.25, 0.3) is 0 Å². The number of aryl methyl sites for hydroxylation is 1. The fraction of sp³-hybridized carbons (Fsp3) is 0.545. The normalized spacial score (nSPS) is 12.6. The predicted octanol–water partition coefficient (Wildman–Crippen LogP) is 1.56. The zero-order valence-corrected chi connectivity index (χ0v) is 9.20. The predicted molar refractivity (Wildman–Crippen MR) is 60.5 cm³/mol. The molecule has 1 atom stereocenters. The van der Waals surface area contributed by atoms with E-state index in [9.17, 15) is 0 Å². The highest BCUT2D eigenvalue weighted by Gasteiger charge is 2.05. The Balaban J connectivity index is 2.60. The van der Waals surface area contributed by atoms with Crippen LogP contribution in [0, 0.1) is 6.92 Å². The molecule has 2 N–H and O–H groups in total. The lowest BCUT2D eigenvalue weighted by Gasteiger charge is -2.22. The number of nitrogens with zero attached hydrogens (tertiary/aromatic N) is 2. The molecule has 0 amide bonds. The Morgan fingerprint density at radius 1 is 1.50 bits per heavy atom. The van der Waals surface area contributed by atoms with Crippen LogP contribution in [0.4, 0.5) is 5.69 Å². The average molecular weight is 193 g/mol. The molecule has 0 aliphatic heterocycles. The van der Waals surface area contributed by atoms with Crippen molar-refractivity contribution in [2.24, 2.45) is 5.73 Å². The van der Waals surface area contributed by atoms with Crippen molar-refractivity contribution in [2.75, 3.05) is 18.5 Å². The summed E-state index contributed by atoms with van der Waals surface area (Å²) in [5.41, 5.74) is 8.05. The molecule has 0 bridgehead atoms. The van der Waals surface area contributed by atoms with Gasteiger partial charge in [-0.05, 0) is 25.5 Å². The van der Waals surface area contributed by atoms with E-state index in [0.29, 0.717) is 0 Å². The molecule has 78 valence electrons. The van der Waals surface area contributed by atoms with E-state index in [0.717, 1.165) is 24.3 Å². The summed E-state index contributed by atoms with van der Waals surface area (Å²) in [6, 6.07) is 4.33. The van der Waals surface area contributed by atoms with Crippen LogP contribution in [0.15, 0.2) is 18.3 Å². The van der Waals surface area contributed by atoms with Crippen molar-refractivity contribution in [3.05, 3.63) is 24.0 Å². The molecule has 1 heterocycles. The Bertz CT molecular complexity index is 268. The maximum Gasteiger partial charge on any atom is 0.0550 e. The van der Waals surface area contributed by atoms with Crippen LogP contribution >= 0.6 is 0 Å². The number of likely N-dealkylation sites (N-methyl/N-ethyl adjacent to an activating group) is 1. The van der Waals surface area contributed by atoms with Crippen LogP contribution in [0.1, 0.15) is 19.0 Å². The van der Waals surface area contributed by atoms with Crippen molar-refractivity contribution >= 4 is 5.69 Å². The molecule has 0 saturated carbocycles. The summed E-state index contributed by atoms with van der Waals surface area (Å²) in [7, 11) is 2.04. The first-order chi connectivity index (χ1) is 6.63. The summed E-state index contributed by atoms with van der Waals surface area (Å²) in [4.78, 5) is 6.39. The SMILES string of the molecule is CCC(N)CN(C)c1ccc(C)nc1.